The summed E-state index contributed by atoms with van der Waals surface area (Å²) in [5.41, 5.74) is 0.0121. The standard InChI is InChI=1S/C21H17F4N3O2/c1-28-12-17(20(30)26-11-13-2-6-15(22)7-3-13)18(10-19(28)29)27-16-8-4-14(5-9-16)21(23,24)25/h2-10,12,27H,11H2,1H3,(H,26,30). The van der Waals surface area contributed by atoms with E-state index in [9.17, 15) is 27.2 Å². The molecule has 0 fully saturated rings. The van der Waals surface area contributed by atoms with Gasteiger partial charge in [-0.25, -0.2) is 4.39 Å². The van der Waals surface area contributed by atoms with Crippen LogP contribution in [0.2, 0.25) is 0 Å². The van der Waals surface area contributed by atoms with Crippen molar-refractivity contribution in [2.24, 2.45) is 7.05 Å². The molecule has 0 aliphatic rings. The number of aryl methyl sites for hydroxylation is 1. The van der Waals surface area contributed by atoms with Gasteiger partial charge in [0.25, 0.3) is 11.5 Å². The van der Waals surface area contributed by atoms with Gasteiger partial charge in [-0.05, 0) is 42.0 Å². The fraction of sp³-hybridized carbons (Fsp3) is 0.143. The van der Waals surface area contributed by atoms with Crippen molar-refractivity contribution < 1.29 is 22.4 Å². The minimum atomic E-state index is -4.47. The van der Waals surface area contributed by atoms with E-state index >= 15 is 0 Å². The number of nitrogens with one attached hydrogen (secondary N) is 2. The van der Waals surface area contributed by atoms with E-state index in [1.807, 2.05) is 0 Å². The zero-order chi connectivity index (χ0) is 21.9. The van der Waals surface area contributed by atoms with Gasteiger partial charge in [-0.15, -0.1) is 0 Å². The first kappa shape index (κ1) is 21.1. The first-order valence-corrected chi connectivity index (χ1v) is 8.81. The summed E-state index contributed by atoms with van der Waals surface area (Å²) in [6, 6.07) is 11.0. The van der Waals surface area contributed by atoms with Crippen molar-refractivity contribution in [1.82, 2.24) is 9.88 Å². The lowest BCUT2D eigenvalue weighted by Gasteiger charge is -2.14. The minimum Gasteiger partial charge on any atom is -0.355 e. The van der Waals surface area contributed by atoms with Gasteiger partial charge >= 0.3 is 6.18 Å². The van der Waals surface area contributed by atoms with Crippen LogP contribution in [0, 0.1) is 5.82 Å². The maximum atomic E-state index is 13.0. The molecule has 0 radical (unpaired) electrons. The smallest absolute Gasteiger partial charge is 0.355 e. The molecular weight excluding hydrogens is 402 g/mol. The number of rotatable bonds is 5. The monoisotopic (exact) mass is 419 g/mol. The average Bonchev–Trinajstić information content (AvgIpc) is 2.69. The summed E-state index contributed by atoms with van der Waals surface area (Å²) >= 11 is 0. The lowest BCUT2D eigenvalue weighted by atomic mass is 10.1. The molecule has 0 aliphatic heterocycles. The second-order valence-electron chi connectivity index (χ2n) is 6.56. The van der Waals surface area contributed by atoms with Crippen LogP contribution >= 0.6 is 0 Å². The van der Waals surface area contributed by atoms with Crippen molar-refractivity contribution in [1.29, 1.82) is 0 Å². The average molecular weight is 419 g/mol. The van der Waals surface area contributed by atoms with E-state index in [0.29, 0.717) is 5.56 Å². The van der Waals surface area contributed by atoms with Gasteiger partial charge in [-0.1, -0.05) is 12.1 Å². The van der Waals surface area contributed by atoms with Gasteiger partial charge in [0.15, 0.2) is 0 Å². The van der Waals surface area contributed by atoms with Crippen molar-refractivity contribution in [2.75, 3.05) is 5.32 Å². The maximum absolute atomic E-state index is 13.0. The molecule has 0 bridgehead atoms. The van der Waals surface area contributed by atoms with Gasteiger partial charge in [0, 0.05) is 31.5 Å². The maximum Gasteiger partial charge on any atom is 0.416 e. The van der Waals surface area contributed by atoms with Gasteiger partial charge in [0.2, 0.25) is 0 Å². The van der Waals surface area contributed by atoms with Crippen molar-refractivity contribution in [3.63, 3.8) is 0 Å². The quantitative estimate of drug-likeness (QED) is 0.609. The van der Waals surface area contributed by atoms with Crippen molar-refractivity contribution in [3.8, 4) is 0 Å². The van der Waals surface area contributed by atoms with E-state index in [1.165, 1.54) is 60.3 Å². The number of alkyl halides is 3. The van der Waals surface area contributed by atoms with E-state index in [2.05, 4.69) is 10.6 Å². The number of carbonyl (C=O) groups is 1. The highest BCUT2D eigenvalue weighted by Gasteiger charge is 2.30. The predicted molar refractivity (Wildman–Crippen MR) is 104 cm³/mol. The first-order valence-electron chi connectivity index (χ1n) is 8.81. The fourth-order valence-electron chi connectivity index (χ4n) is 2.69. The summed E-state index contributed by atoms with van der Waals surface area (Å²) in [5, 5.41) is 5.49. The molecule has 9 heteroatoms. The Kier molecular flexibility index (Phi) is 5.91. The molecule has 0 aliphatic carbocycles. The lowest BCUT2D eigenvalue weighted by Crippen LogP contribution is -2.27. The third-order valence-corrected chi connectivity index (χ3v) is 4.33. The molecule has 0 atom stereocenters. The highest BCUT2D eigenvalue weighted by atomic mass is 19.4. The third kappa shape index (κ3) is 5.05. The first-order chi connectivity index (χ1) is 14.1. The van der Waals surface area contributed by atoms with Crippen molar-refractivity contribution in [2.45, 2.75) is 12.7 Å². The van der Waals surface area contributed by atoms with Crippen LogP contribution in [0.3, 0.4) is 0 Å². The molecule has 3 aromatic rings. The van der Waals surface area contributed by atoms with Crippen LogP contribution in [0.15, 0.2) is 65.6 Å². The SMILES string of the molecule is Cn1cc(C(=O)NCc2ccc(F)cc2)c(Nc2ccc(C(F)(F)F)cc2)cc1=O. The number of hydrogen-bond acceptors (Lipinski definition) is 3. The number of anilines is 2. The van der Waals surface area contributed by atoms with Crippen LogP contribution in [0.5, 0.6) is 0 Å². The van der Waals surface area contributed by atoms with Crippen molar-refractivity contribution >= 4 is 17.3 Å². The van der Waals surface area contributed by atoms with Crippen LogP contribution < -0.4 is 16.2 Å². The number of carbonyl (C=O) groups excluding carboxylic acids is 1. The molecule has 1 amide bonds. The van der Waals surface area contributed by atoms with Crippen LogP contribution in [-0.2, 0) is 19.8 Å². The minimum absolute atomic E-state index is 0.124. The topological polar surface area (TPSA) is 63.1 Å². The summed E-state index contributed by atoms with van der Waals surface area (Å²) in [6.45, 7) is 0.127. The molecule has 3 rings (SSSR count). The Morgan fingerprint density at radius 2 is 1.67 bits per heavy atom. The van der Waals surface area contributed by atoms with Gasteiger partial charge in [-0.3, -0.25) is 9.59 Å². The zero-order valence-electron chi connectivity index (χ0n) is 15.8. The van der Waals surface area contributed by atoms with Gasteiger partial charge in [0.05, 0.1) is 16.8 Å². The van der Waals surface area contributed by atoms with Crippen molar-refractivity contribution in [3.05, 3.63) is 93.7 Å². The molecular formula is C21H17F4N3O2. The molecule has 0 saturated heterocycles. The fourth-order valence-corrected chi connectivity index (χ4v) is 2.69. The Labute approximate surface area is 169 Å². The Morgan fingerprint density at radius 3 is 2.27 bits per heavy atom. The number of aromatic nitrogens is 1. The Balaban J connectivity index is 1.82. The third-order valence-electron chi connectivity index (χ3n) is 4.33. The van der Waals surface area contributed by atoms with E-state index in [1.54, 1.807) is 0 Å². The molecule has 1 aromatic heterocycles. The summed E-state index contributed by atoms with van der Waals surface area (Å²) in [4.78, 5) is 24.7. The molecule has 156 valence electrons. The second kappa shape index (κ2) is 8.40. The number of nitrogens with zero attached hydrogens (tertiary/aromatic N) is 1. The summed E-state index contributed by atoms with van der Waals surface area (Å²) in [6.07, 6.45) is -3.14. The van der Waals surface area contributed by atoms with E-state index < -0.39 is 29.0 Å². The highest BCUT2D eigenvalue weighted by molar-refractivity contribution is 6.00. The Hall–Kier alpha value is -3.62. The predicted octanol–water partition coefficient (Wildman–Crippen LogP) is 4.22. The second-order valence-corrected chi connectivity index (χ2v) is 6.56. The zero-order valence-corrected chi connectivity index (χ0v) is 15.8. The summed E-state index contributed by atoms with van der Waals surface area (Å²) < 4.78 is 52.4. The molecule has 2 N–H and O–H groups in total. The number of pyridine rings is 1. The molecule has 0 saturated carbocycles. The lowest BCUT2D eigenvalue weighted by molar-refractivity contribution is -0.137. The van der Waals surface area contributed by atoms with Gasteiger partial charge in [-0.2, -0.15) is 13.2 Å². The van der Waals surface area contributed by atoms with E-state index in [-0.39, 0.29) is 23.5 Å². The van der Waals surface area contributed by atoms with Crippen LogP contribution in [0.1, 0.15) is 21.5 Å². The molecule has 1 heterocycles. The van der Waals surface area contributed by atoms with E-state index in [0.717, 1.165) is 12.1 Å². The molecule has 0 unspecified atom stereocenters. The number of amides is 1. The number of halogens is 4. The van der Waals surface area contributed by atoms with Crippen LogP contribution in [0.4, 0.5) is 28.9 Å². The summed E-state index contributed by atoms with van der Waals surface area (Å²) in [5.74, 6) is -0.907. The highest BCUT2D eigenvalue weighted by Crippen LogP contribution is 2.30. The Bertz CT molecular complexity index is 1110. The largest absolute Gasteiger partial charge is 0.416 e. The molecule has 0 spiro atoms. The Morgan fingerprint density at radius 1 is 1.03 bits per heavy atom. The number of benzene rings is 2. The number of hydrogen-bond donors (Lipinski definition) is 2. The van der Waals surface area contributed by atoms with E-state index in [4.69, 9.17) is 0 Å². The normalized spacial score (nSPS) is 11.2. The van der Waals surface area contributed by atoms with Gasteiger partial charge < -0.3 is 15.2 Å². The van der Waals surface area contributed by atoms with Gasteiger partial charge in [0.1, 0.15) is 5.82 Å². The van der Waals surface area contributed by atoms with Crippen LogP contribution in [0.25, 0.3) is 0 Å². The van der Waals surface area contributed by atoms with Crippen LogP contribution in [-0.4, -0.2) is 10.5 Å². The summed E-state index contributed by atoms with van der Waals surface area (Å²) in [7, 11) is 1.47. The molecule has 30 heavy (non-hydrogen) atoms. The molecule has 5 nitrogen and oxygen atoms in total. The molecule has 2 aromatic carbocycles.